The van der Waals surface area contributed by atoms with Crippen LogP contribution in [-0.2, 0) is 12.3 Å². The number of carbonyl (C=O) groups is 1. The van der Waals surface area contributed by atoms with Gasteiger partial charge in [0.1, 0.15) is 5.82 Å². The normalized spacial score (nSPS) is 20.9. The van der Waals surface area contributed by atoms with Crippen LogP contribution in [0.5, 0.6) is 0 Å². The van der Waals surface area contributed by atoms with Gasteiger partial charge in [-0.15, -0.1) is 0 Å². The highest BCUT2D eigenvalue weighted by atomic mass is 32.2. The van der Waals surface area contributed by atoms with Crippen molar-refractivity contribution in [2.45, 2.75) is 37.7 Å². The first-order valence-corrected chi connectivity index (χ1v) is 8.94. The van der Waals surface area contributed by atoms with Crippen molar-refractivity contribution >= 4 is 17.8 Å². The molecule has 1 aromatic rings. The van der Waals surface area contributed by atoms with E-state index in [4.69, 9.17) is 0 Å². The number of nitrogens with one attached hydrogen (secondary N) is 2. The molecule has 2 rings (SSSR count). The smallest absolute Gasteiger partial charge is 0.315 e. The van der Waals surface area contributed by atoms with Crippen molar-refractivity contribution in [1.82, 2.24) is 10.6 Å². The number of aliphatic hydroxyl groups excluding tert-OH is 1. The molecule has 3 N–H and O–H groups in total. The Labute approximate surface area is 134 Å². The number of halogens is 1. The maximum Gasteiger partial charge on any atom is 0.315 e. The number of rotatable bonds is 6. The second-order valence-electron chi connectivity index (χ2n) is 5.74. The Kier molecular flexibility index (Phi) is 6.51. The van der Waals surface area contributed by atoms with Crippen molar-refractivity contribution in [1.29, 1.82) is 0 Å². The minimum Gasteiger partial charge on any atom is -0.393 e. The Bertz CT molecular complexity index is 513. The Balaban J connectivity index is 1.78. The van der Waals surface area contributed by atoms with Gasteiger partial charge < -0.3 is 15.7 Å². The van der Waals surface area contributed by atoms with Crippen molar-refractivity contribution < 1.29 is 14.3 Å². The third-order valence-electron chi connectivity index (χ3n) is 3.97. The second kappa shape index (κ2) is 8.39. The lowest BCUT2D eigenvalue weighted by Crippen LogP contribution is -2.37. The van der Waals surface area contributed by atoms with Crippen LogP contribution in [0.15, 0.2) is 18.2 Å². The minimum atomic E-state index is -0.253. The summed E-state index contributed by atoms with van der Waals surface area (Å²) in [5.41, 5.74) is 1.84. The molecule has 6 heteroatoms. The summed E-state index contributed by atoms with van der Waals surface area (Å²) in [6.45, 7) is 0.972. The standard InChI is InChI=1S/C16H23FN2O2S/c1-22-10-13-7-14(17)4-3-12(13)9-19-16(21)18-8-11-2-5-15(20)6-11/h3-4,7,11,15,20H,2,5-6,8-10H2,1H3,(H2,18,19,21)/t11-,15+/m0/s1. The fourth-order valence-corrected chi connectivity index (χ4v) is 3.35. The van der Waals surface area contributed by atoms with Crippen LogP contribution in [0.2, 0.25) is 0 Å². The molecular weight excluding hydrogens is 303 g/mol. The maximum absolute atomic E-state index is 13.3. The number of carbonyl (C=O) groups excluding carboxylic acids is 1. The number of hydrogen-bond acceptors (Lipinski definition) is 3. The van der Waals surface area contributed by atoms with Crippen molar-refractivity contribution in [2.24, 2.45) is 5.92 Å². The number of aliphatic hydroxyl groups is 1. The molecule has 0 saturated heterocycles. The Morgan fingerprint density at radius 3 is 2.86 bits per heavy atom. The molecule has 0 spiro atoms. The molecule has 0 unspecified atom stereocenters. The van der Waals surface area contributed by atoms with Crippen LogP contribution in [0, 0.1) is 11.7 Å². The van der Waals surface area contributed by atoms with Crippen molar-refractivity contribution in [3.63, 3.8) is 0 Å². The van der Waals surface area contributed by atoms with Gasteiger partial charge in [-0.1, -0.05) is 6.07 Å². The van der Waals surface area contributed by atoms with Gasteiger partial charge in [-0.25, -0.2) is 9.18 Å². The number of benzene rings is 1. The number of urea groups is 1. The Morgan fingerprint density at radius 1 is 1.36 bits per heavy atom. The van der Waals surface area contributed by atoms with Crippen LogP contribution < -0.4 is 10.6 Å². The molecule has 1 saturated carbocycles. The monoisotopic (exact) mass is 326 g/mol. The number of hydrogen-bond donors (Lipinski definition) is 3. The molecule has 22 heavy (non-hydrogen) atoms. The van der Waals surface area contributed by atoms with E-state index in [-0.39, 0.29) is 18.0 Å². The zero-order valence-electron chi connectivity index (χ0n) is 12.8. The largest absolute Gasteiger partial charge is 0.393 e. The highest BCUT2D eigenvalue weighted by Crippen LogP contribution is 2.24. The number of amides is 2. The molecule has 1 aromatic carbocycles. The van der Waals surface area contributed by atoms with Gasteiger partial charge in [0.2, 0.25) is 0 Å². The van der Waals surface area contributed by atoms with Gasteiger partial charge in [-0.2, -0.15) is 11.8 Å². The first-order chi connectivity index (χ1) is 10.6. The van der Waals surface area contributed by atoms with E-state index in [1.54, 1.807) is 17.8 Å². The number of thioether (sulfide) groups is 1. The molecule has 1 aliphatic carbocycles. The van der Waals surface area contributed by atoms with Crippen LogP contribution in [0.25, 0.3) is 0 Å². The SMILES string of the molecule is CSCc1cc(F)ccc1CNC(=O)NC[C@H]1CC[C@@H](O)C1. The fourth-order valence-electron chi connectivity index (χ4n) is 2.77. The summed E-state index contributed by atoms with van der Waals surface area (Å²) in [5.74, 6) is 0.826. The molecular formula is C16H23FN2O2S. The molecule has 1 aliphatic rings. The molecule has 0 aliphatic heterocycles. The summed E-state index contributed by atoms with van der Waals surface area (Å²) in [6, 6.07) is 4.43. The minimum absolute atomic E-state index is 0.219. The van der Waals surface area contributed by atoms with Gasteiger partial charge in [-0.05, 0) is 54.7 Å². The quantitative estimate of drug-likeness (QED) is 0.753. The lowest BCUT2D eigenvalue weighted by molar-refractivity contribution is 0.177. The van der Waals surface area contributed by atoms with Gasteiger partial charge in [0.05, 0.1) is 6.10 Å². The molecule has 1 fully saturated rings. The second-order valence-corrected chi connectivity index (χ2v) is 6.61. The van der Waals surface area contributed by atoms with Crippen LogP contribution in [0.3, 0.4) is 0 Å². The first kappa shape index (κ1) is 17.1. The fraction of sp³-hybridized carbons (Fsp3) is 0.562. The van der Waals surface area contributed by atoms with Crippen molar-refractivity contribution in [3.05, 3.63) is 35.1 Å². The van der Waals surface area contributed by atoms with E-state index in [0.29, 0.717) is 19.0 Å². The molecule has 0 heterocycles. The summed E-state index contributed by atoms with van der Waals surface area (Å²) in [4.78, 5) is 11.8. The van der Waals surface area contributed by atoms with Gasteiger partial charge >= 0.3 is 6.03 Å². The third kappa shape index (κ3) is 5.18. The van der Waals surface area contributed by atoms with E-state index in [2.05, 4.69) is 10.6 Å². The summed E-state index contributed by atoms with van der Waals surface area (Å²) < 4.78 is 13.3. The van der Waals surface area contributed by atoms with E-state index in [0.717, 1.165) is 36.1 Å². The van der Waals surface area contributed by atoms with Gasteiger partial charge in [-0.3, -0.25) is 0 Å². The Morgan fingerprint density at radius 2 is 2.18 bits per heavy atom. The van der Waals surface area contributed by atoms with E-state index < -0.39 is 0 Å². The molecule has 4 nitrogen and oxygen atoms in total. The lowest BCUT2D eigenvalue weighted by Gasteiger charge is -2.13. The van der Waals surface area contributed by atoms with Crippen molar-refractivity contribution in [2.75, 3.05) is 12.8 Å². The molecule has 0 radical (unpaired) electrons. The maximum atomic E-state index is 13.3. The molecule has 122 valence electrons. The van der Waals surface area contributed by atoms with E-state index in [1.165, 1.54) is 12.1 Å². The van der Waals surface area contributed by atoms with E-state index in [1.807, 2.05) is 6.26 Å². The van der Waals surface area contributed by atoms with Gasteiger partial charge in [0, 0.05) is 18.8 Å². The van der Waals surface area contributed by atoms with Crippen LogP contribution >= 0.6 is 11.8 Å². The van der Waals surface area contributed by atoms with Crippen molar-refractivity contribution in [3.8, 4) is 0 Å². The van der Waals surface area contributed by atoms with Crippen LogP contribution in [-0.4, -0.2) is 30.0 Å². The highest BCUT2D eigenvalue weighted by molar-refractivity contribution is 7.97. The van der Waals surface area contributed by atoms with Crippen LogP contribution in [0.4, 0.5) is 9.18 Å². The Hall–Kier alpha value is -1.27. The van der Waals surface area contributed by atoms with Gasteiger partial charge in [0.15, 0.2) is 0 Å². The van der Waals surface area contributed by atoms with E-state index in [9.17, 15) is 14.3 Å². The zero-order valence-corrected chi connectivity index (χ0v) is 13.6. The van der Waals surface area contributed by atoms with E-state index >= 15 is 0 Å². The zero-order chi connectivity index (χ0) is 15.9. The topological polar surface area (TPSA) is 61.4 Å². The van der Waals surface area contributed by atoms with Crippen LogP contribution in [0.1, 0.15) is 30.4 Å². The first-order valence-electron chi connectivity index (χ1n) is 7.54. The molecule has 2 amide bonds. The average Bonchev–Trinajstić information content (AvgIpc) is 2.90. The average molecular weight is 326 g/mol. The highest BCUT2D eigenvalue weighted by Gasteiger charge is 2.22. The molecule has 0 bridgehead atoms. The third-order valence-corrected chi connectivity index (χ3v) is 4.57. The summed E-state index contributed by atoms with van der Waals surface area (Å²) in [7, 11) is 0. The summed E-state index contributed by atoms with van der Waals surface area (Å²) in [5, 5.41) is 15.1. The summed E-state index contributed by atoms with van der Waals surface area (Å²) in [6.07, 6.45) is 4.28. The molecule has 2 atom stereocenters. The molecule has 0 aromatic heterocycles. The predicted molar refractivity (Wildman–Crippen MR) is 87.2 cm³/mol. The predicted octanol–water partition coefficient (Wildman–Crippen LogP) is 2.65. The van der Waals surface area contributed by atoms with Gasteiger partial charge in [0.25, 0.3) is 0 Å². The summed E-state index contributed by atoms with van der Waals surface area (Å²) >= 11 is 1.62. The lowest BCUT2D eigenvalue weighted by atomic mass is 10.1.